The van der Waals surface area contributed by atoms with Crippen molar-refractivity contribution in [3.8, 4) is 0 Å². The second-order valence-electron chi connectivity index (χ2n) is 5.67. The molecule has 0 aliphatic carbocycles. The van der Waals surface area contributed by atoms with Crippen LogP contribution in [0.2, 0.25) is 0 Å². The smallest absolute Gasteiger partial charge is 0.282 e. The fraction of sp³-hybridized carbons (Fsp3) is 0.263. The third kappa shape index (κ3) is 4.78. The van der Waals surface area contributed by atoms with E-state index in [-0.39, 0.29) is 4.90 Å². The third-order valence-electron chi connectivity index (χ3n) is 3.65. The minimum atomic E-state index is -4.27. The van der Waals surface area contributed by atoms with Crippen LogP contribution in [0.15, 0.2) is 47.4 Å². The Morgan fingerprint density at radius 3 is 2.39 bits per heavy atom. The van der Waals surface area contributed by atoms with E-state index in [2.05, 4.69) is 6.92 Å². The van der Waals surface area contributed by atoms with Gasteiger partial charge in [-0.05, 0) is 36.5 Å². The second-order valence-corrected chi connectivity index (χ2v) is 7.02. The maximum atomic E-state index is 11.9. The molecule has 0 bridgehead atoms. The lowest BCUT2D eigenvalue weighted by Crippen LogP contribution is -2.07. The lowest BCUT2D eigenvalue weighted by molar-refractivity contribution is 0.481. The molecule has 0 atom stereocenters. The molecule has 2 aromatic rings. The van der Waals surface area contributed by atoms with Gasteiger partial charge in [-0.15, -0.1) is 0 Å². The number of rotatable bonds is 6. The topological polar surface area (TPSA) is 54.4 Å². The molecule has 0 radical (unpaired) electrons. The van der Waals surface area contributed by atoms with Crippen molar-refractivity contribution in [2.24, 2.45) is 0 Å². The standard InChI is InChI=1S/C19H22O3S/c1-3-4-10-17-13-15(2)14-18(19(17)23(20,21)22)12-11-16-8-6-5-7-9-16/h5-9,11-14H,3-4,10H2,1-2H3,(H,20,21,22). The van der Waals surface area contributed by atoms with E-state index in [1.165, 1.54) is 0 Å². The van der Waals surface area contributed by atoms with E-state index >= 15 is 0 Å². The van der Waals surface area contributed by atoms with Gasteiger partial charge in [-0.3, -0.25) is 4.55 Å². The van der Waals surface area contributed by atoms with Crippen LogP contribution in [0.25, 0.3) is 12.2 Å². The molecule has 0 aliphatic heterocycles. The van der Waals surface area contributed by atoms with Gasteiger partial charge in [0.15, 0.2) is 0 Å². The van der Waals surface area contributed by atoms with Crippen LogP contribution in [0.1, 0.15) is 42.0 Å². The summed E-state index contributed by atoms with van der Waals surface area (Å²) in [6.07, 6.45) is 6.09. The van der Waals surface area contributed by atoms with Crippen molar-refractivity contribution in [2.75, 3.05) is 0 Å². The first-order valence-electron chi connectivity index (χ1n) is 7.76. The van der Waals surface area contributed by atoms with Crippen LogP contribution in [-0.2, 0) is 16.5 Å². The van der Waals surface area contributed by atoms with Gasteiger partial charge in [0.1, 0.15) is 4.90 Å². The molecule has 0 saturated carbocycles. The Morgan fingerprint density at radius 1 is 1.09 bits per heavy atom. The summed E-state index contributed by atoms with van der Waals surface area (Å²) in [6.45, 7) is 3.99. The largest absolute Gasteiger partial charge is 0.295 e. The van der Waals surface area contributed by atoms with Gasteiger partial charge in [0.2, 0.25) is 0 Å². The summed E-state index contributed by atoms with van der Waals surface area (Å²) < 4.78 is 33.4. The first-order chi connectivity index (χ1) is 10.9. The Bertz CT molecular complexity index is 791. The van der Waals surface area contributed by atoms with Gasteiger partial charge < -0.3 is 0 Å². The number of aryl methyl sites for hydroxylation is 2. The first-order valence-corrected chi connectivity index (χ1v) is 9.20. The Balaban J connectivity index is 2.53. The molecule has 0 amide bonds. The molecule has 4 heteroatoms. The van der Waals surface area contributed by atoms with E-state index in [0.717, 1.165) is 24.0 Å². The quantitative estimate of drug-likeness (QED) is 0.614. The molecule has 0 spiro atoms. The van der Waals surface area contributed by atoms with E-state index in [1.807, 2.05) is 49.4 Å². The number of hydrogen-bond acceptors (Lipinski definition) is 2. The van der Waals surface area contributed by atoms with Crippen LogP contribution in [0.5, 0.6) is 0 Å². The van der Waals surface area contributed by atoms with Gasteiger partial charge in [0, 0.05) is 0 Å². The van der Waals surface area contributed by atoms with Crippen molar-refractivity contribution in [3.63, 3.8) is 0 Å². The number of hydrogen-bond donors (Lipinski definition) is 1. The molecule has 3 nitrogen and oxygen atoms in total. The summed E-state index contributed by atoms with van der Waals surface area (Å²) in [5.74, 6) is 0. The highest BCUT2D eigenvalue weighted by Crippen LogP contribution is 2.26. The predicted octanol–water partition coefficient (Wildman–Crippen LogP) is 4.75. The van der Waals surface area contributed by atoms with Crippen LogP contribution in [0.4, 0.5) is 0 Å². The van der Waals surface area contributed by atoms with Crippen LogP contribution in [0, 0.1) is 6.92 Å². The summed E-state index contributed by atoms with van der Waals surface area (Å²) in [6, 6.07) is 13.3. The lowest BCUT2D eigenvalue weighted by atomic mass is 10.0. The minimum absolute atomic E-state index is 0.0312. The van der Waals surface area contributed by atoms with E-state index < -0.39 is 10.1 Å². The van der Waals surface area contributed by atoms with Gasteiger partial charge in [0.25, 0.3) is 10.1 Å². The predicted molar refractivity (Wildman–Crippen MR) is 95.0 cm³/mol. The molecule has 1 N–H and O–H groups in total. The molecule has 122 valence electrons. The van der Waals surface area contributed by atoms with Crippen LogP contribution >= 0.6 is 0 Å². The third-order valence-corrected chi connectivity index (χ3v) is 4.67. The highest BCUT2D eigenvalue weighted by atomic mass is 32.2. The summed E-state index contributed by atoms with van der Waals surface area (Å²) >= 11 is 0. The van der Waals surface area contributed by atoms with Crippen LogP contribution < -0.4 is 0 Å². The average Bonchev–Trinajstić information content (AvgIpc) is 2.50. The molecule has 23 heavy (non-hydrogen) atoms. The van der Waals surface area contributed by atoms with Gasteiger partial charge in [0.05, 0.1) is 0 Å². The maximum absolute atomic E-state index is 11.9. The van der Waals surface area contributed by atoms with Crippen LogP contribution in [-0.4, -0.2) is 13.0 Å². The van der Waals surface area contributed by atoms with Crippen molar-refractivity contribution in [3.05, 3.63) is 64.7 Å². The van der Waals surface area contributed by atoms with Gasteiger partial charge in [-0.25, -0.2) is 0 Å². The van der Waals surface area contributed by atoms with E-state index in [0.29, 0.717) is 17.5 Å². The maximum Gasteiger partial charge on any atom is 0.295 e. The normalized spacial score (nSPS) is 12.0. The summed E-state index contributed by atoms with van der Waals surface area (Å²) in [5, 5.41) is 0. The fourth-order valence-corrected chi connectivity index (χ4v) is 3.54. The Labute approximate surface area is 138 Å². The highest BCUT2D eigenvalue weighted by Gasteiger charge is 2.19. The van der Waals surface area contributed by atoms with E-state index in [9.17, 15) is 13.0 Å². The second kappa shape index (κ2) is 7.57. The lowest BCUT2D eigenvalue weighted by Gasteiger charge is -2.12. The molecule has 0 unspecified atom stereocenters. The van der Waals surface area contributed by atoms with Gasteiger partial charge in [-0.2, -0.15) is 8.42 Å². The molecular weight excluding hydrogens is 308 g/mol. The van der Waals surface area contributed by atoms with Crippen molar-refractivity contribution in [1.29, 1.82) is 0 Å². The molecule has 2 rings (SSSR count). The Kier molecular flexibility index (Phi) is 5.74. The number of benzene rings is 2. The first kappa shape index (κ1) is 17.4. The summed E-state index contributed by atoms with van der Waals surface area (Å²) in [4.78, 5) is 0.0312. The average molecular weight is 330 g/mol. The van der Waals surface area contributed by atoms with Crippen molar-refractivity contribution in [1.82, 2.24) is 0 Å². The molecule has 0 fully saturated rings. The molecule has 2 aromatic carbocycles. The molecule has 0 aliphatic rings. The van der Waals surface area contributed by atoms with Gasteiger partial charge >= 0.3 is 0 Å². The molecule has 0 aromatic heterocycles. The molecule has 0 heterocycles. The monoisotopic (exact) mass is 330 g/mol. The minimum Gasteiger partial charge on any atom is -0.282 e. The fourth-order valence-electron chi connectivity index (χ4n) is 2.62. The zero-order valence-corrected chi connectivity index (χ0v) is 14.3. The molecule has 0 saturated heterocycles. The van der Waals surface area contributed by atoms with Crippen molar-refractivity contribution in [2.45, 2.75) is 38.0 Å². The zero-order valence-electron chi connectivity index (χ0n) is 13.5. The van der Waals surface area contributed by atoms with Crippen LogP contribution in [0.3, 0.4) is 0 Å². The summed E-state index contributed by atoms with van der Waals surface area (Å²) in [5.41, 5.74) is 3.17. The van der Waals surface area contributed by atoms with Crippen molar-refractivity contribution >= 4 is 22.3 Å². The van der Waals surface area contributed by atoms with E-state index in [4.69, 9.17) is 0 Å². The Hall–Kier alpha value is -1.91. The van der Waals surface area contributed by atoms with Gasteiger partial charge in [-0.1, -0.05) is 73.5 Å². The van der Waals surface area contributed by atoms with Crippen molar-refractivity contribution < 1.29 is 13.0 Å². The van der Waals surface area contributed by atoms with E-state index in [1.54, 1.807) is 12.1 Å². The SMILES string of the molecule is CCCCc1cc(C)cc(C=Cc2ccccc2)c1S(=O)(=O)O. The Morgan fingerprint density at radius 2 is 1.78 bits per heavy atom. The number of unbranched alkanes of at least 4 members (excludes halogenated alkanes) is 1. The highest BCUT2D eigenvalue weighted by molar-refractivity contribution is 7.86. The molecular formula is C19H22O3S. The zero-order chi connectivity index (χ0) is 16.9. The summed E-state index contributed by atoms with van der Waals surface area (Å²) in [7, 11) is -4.27.